The first kappa shape index (κ1) is 27.5. The third kappa shape index (κ3) is 5.98. The summed E-state index contributed by atoms with van der Waals surface area (Å²) >= 11 is 1.56. The number of rotatable bonds is 2. The lowest BCUT2D eigenvalue weighted by Gasteiger charge is -2.30. The lowest BCUT2D eigenvalue weighted by atomic mass is 9.75. The number of hydrogen-bond acceptors (Lipinski definition) is 7. The van der Waals surface area contributed by atoms with Crippen LogP contribution in [0.3, 0.4) is 0 Å². The van der Waals surface area contributed by atoms with Gasteiger partial charge in [0, 0.05) is 23.3 Å². The zero-order chi connectivity index (χ0) is 25.3. The van der Waals surface area contributed by atoms with Gasteiger partial charge >= 0.3 is 0 Å². The van der Waals surface area contributed by atoms with Crippen molar-refractivity contribution in [2.45, 2.75) is 111 Å². The van der Waals surface area contributed by atoms with Crippen LogP contribution in [0, 0.1) is 24.2 Å². The van der Waals surface area contributed by atoms with Crippen LogP contribution in [0.2, 0.25) is 0 Å². The third-order valence-corrected chi connectivity index (χ3v) is 8.50. The molecule has 0 amide bonds. The SMILES string of the molecule is CC(=Cc1csc(C)n1)C1OCCCC(C)(C)C(=O)C(C)CC(C)CCCC2(C)OC2(O)C1O. The second-order valence-electron chi connectivity index (χ2n) is 11.4. The Morgan fingerprint density at radius 2 is 1.94 bits per heavy atom. The van der Waals surface area contributed by atoms with Gasteiger partial charge in [-0.15, -0.1) is 11.3 Å². The highest BCUT2D eigenvalue weighted by atomic mass is 32.1. The molecule has 6 atom stereocenters. The Hall–Kier alpha value is -1.12. The number of hydrogen-bond donors (Lipinski definition) is 2. The minimum absolute atomic E-state index is 0.0184. The summed E-state index contributed by atoms with van der Waals surface area (Å²) in [6.07, 6.45) is 4.64. The monoisotopic (exact) mass is 493 g/mol. The van der Waals surface area contributed by atoms with E-state index in [1.807, 2.05) is 53.0 Å². The lowest BCUT2D eigenvalue weighted by Crippen LogP contribution is -2.46. The second-order valence-corrected chi connectivity index (χ2v) is 12.5. The van der Waals surface area contributed by atoms with Crippen LogP contribution < -0.4 is 0 Å². The molecule has 0 radical (unpaired) electrons. The van der Waals surface area contributed by atoms with Crippen LogP contribution in [0.5, 0.6) is 0 Å². The third-order valence-electron chi connectivity index (χ3n) is 7.71. The number of nitrogens with zero attached hydrogens (tertiary/aromatic N) is 1. The molecule has 2 saturated heterocycles. The molecule has 1 aromatic rings. The van der Waals surface area contributed by atoms with Crippen molar-refractivity contribution in [3.63, 3.8) is 0 Å². The minimum Gasteiger partial charge on any atom is -0.384 e. The maximum absolute atomic E-state index is 13.1. The topological polar surface area (TPSA) is 92.2 Å². The van der Waals surface area contributed by atoms with E-state index in [9.17, 15) is 15.0 Å². The van der Waals surface area contributed by atoms with Crippen molar-refractivity contribution in [2.75, 3.05) is 6.61 Å². The second kappa shape index (κ2) is 10.5. The number of aromatic nitrogens is 1. The average Bonchev–Trinajstić information content (AvgIpc) is 3.07. The first-order valence-corrected chi connectivity index (χ1v) is 13.5. The summed E-state index contributed by atoms with van der Waals surface area (Å²) in [4.78, 5) is 17.6. The quantitative estimate of drug-likeness (QED) is 0.543. The molecule has 0 aliphatic carbocycles. The predicted octanol–water partition coefficient (Wildman–Crippen LogP) is 5.30. The molecule has 2 N–H and O–H groups in total. The minimum atomic E-state index is -1.65. The number of Topliss-reactive ketones (excluding diaryl/α,β-unsaturated/α-hetero) is 1. The van der Waals surface area contributed by atoms with Crippen molar-refractivity contribution in [1.29, 1.82) is 0 Å². The highest BCUT2D eigenvalue weighted by Crippen LogP contribution is 2.53. The van der Waals surface area contributed by atoms with Gasteiger partial charge < -0.3 is 19.7 Å². The summed E-state index contributed by atoms with van der Waals surface area (Å²) in [6, 6.07) is 0. The molecule has 0 aromatic carbocycles. The number of ketones is 1. The van der Waals surface area contributed by atoms with Crippen LogP contribution >= 0.6 is 11.3 Å². The Labute approximate surface area is 208 Å². The van der Waals surface area contributed by atoms with E-state index >= 15 is 0 Å². The van der Waals surface area contributed by atoms with E-state index in [0.29, 0.717) is 37.6 Å². The molecule has 3 heterocycles. The molecule has 6 nitrogen and oxygen atoms in total. The van der Waals surface area contributed by atoms with E-state index in [1.165, 1.54) is 0 Å². The lowest BCUT2D eigenvalue weighted by molar-refractivity contribution is -0.134. The maximum Gasteiger partial charge on any atom is 0.225 e. The summed E-state index contributed by atoms with van der Waals surface area (Å²) in [7, 11) is 0. The number of epoxide rings is 1. The molecule has 34 heavy (non-hydrogen) atoms. The number of aliphatic hydroxyl groups is 2. The van der Waals surface area contributed by atoms with Crippen LogP contribution in [0.4, 0.5) is 0 Å². The molecule has 6 unspecified atom stereocenters. The normalized spacial score (nSPS) is 38.4. The molecule has 192 valence electrons. The number of aliphatic hydroxyl groups excluding tert-OH is 1. The van der Waals surface area contributed by atoms with Gasteiger partial charge in [-0.05, 0) is 64.0 Å². The number of thiazole rings is 1. The molecule has 2 aliphatic heterocycles. The number of carbonyl (C=O) groups excluding carboxylic acids is 1. The highest BCUT2D eigenvalue weighted by Gasteiger charge is 2.71. The smallest absolute Gasteiger partial charge is 0.225 e. The fourth-order valence-corrected chi connectivity index (χ4v) is 6.06. The van der Waals surface area contributed by atoms with E-state index < -0.39 is 29.0 Å². The van der Waals surface area contributed by atoms with E-state index in [2.05, 4.69) is 11.9 Å². The molecule has 1 aromatic heterocycles. The predicted molar refractivity (Wildman–Crippen MR) is 136 cm³/mol. The van der Waals surface area contributed by atoms with Gasteiger partial charge in [0.25, 0.3) is 0 Å². The van der Waals surface area contributed by atoms with Gasteiger partial charge in [0.05, 0.1) is 10.7 Å². The van der Waals surface area contributed by atoms with Gasteiger partial charge in [0.1, 0.15) is 23.6 Å². The summed E-state index contributed by atoms with van der Waals surface area (Å²) in [5, 5.41) is 25.5. The number of carbonyl (C=O) groups is 1. The Kier molecular flexibility index (Phi) is 8.46. The standard InChI is InChI=1S/C27H43NO5S/c1-17-10-8-12-26(7)27(31,33-26)24(30)22(18(2)15-21-16-34-20(4)28-21)32-13-9-11-25(5,6)23(29)19(3)14-17/h15-17,19,22,24,30-31H,8-14H2,1-7H3. The van der Waals surface area contributed by atoms with Crippen LogP contribution in [-0.2, 0) is 14.3 Å². The Balaban J connectivity index is 1.84. The van der Waals surface area contributed by atoms with Crippen LogP contribution in [-0.4, -0.2) is 51.2 Å². The fourth-order valence-electron chi connectivity index (χ4n) is 5.49. The van der Waals surface area contributed by atoms with E-state index in [-0.39, 0.29) is 5.92 Å². The summed E-state index contributed by atoms with van der Waals surface area (Å²) in [5.74, 6) is -0.909. The largest absolute Gasteiger partial charge is 0.384 e. The van der Waals surface area contributed by atoms with Crippen molar-refractivity contribution >= 4 is 23.2 Å². The average molecular weight is 494 g/mol. The zero-order valence-corrected chi connectivity index (χ0v) is 22.7. The van der Waals surface area contributed by atoms with Crippen molar-refractivity contribution in [2.24, 2.45) is 17.3 Å². The van der Waals surface area contributed by atoms with Crippen molar-refractivity contribution in [1.82, 2.24) is 4.98 Å². The molecule has 0 bridgehead atoms. The van der Waals surface area contributed by atoms with Gasteiger partial charge in [-0.25, -0.2) is 4.98 Å². The summed E-state index contributed by atoms with van der Waals surface area (Å²) in [6.45, 7) is 14.4. The molecular formula is C27H43NO5S. The number of fused-ring (bicyclic) bond motifs is 1. The fraction of sp³-hybridized carbons (Fsp3) is 0.778. The molecule has 2 fully saturated rings. The molecule has 3 rings (SSSR count). The first-order chi connectivity index (χ1) is 15.8. The first-order valence-electron chi connectivity index (χ1n) is 12.7. The molecule has 2 aliphatic rings. The van der Waals surface area contributed by atoms with Gasteiger partial charge in [0.15, 0.2) is 0 Å². The van der Waals surface area contributed by atoms with E-state index in [0.717, 1.165) is 35.5 Å². The Bertz CT molecular complexity index is 895. The van der Waals surface area contributed by atoms with Gasteiger partial charge in [-0.1, -0.05) is 40.5 Å². The van der Waals surface area contributed by atoms with Crippen molar-refractivity contribution in [3.8, 4) is 0 Å². The van der Waals surface area contributed by atoms with Crippen molar-refractivity contribution < 1.29 is 24.5 Å². The Morgan fingerprint density at radius 1 is 1.24 bits per heavy atom. The van der Waals surface area contributed by atoms with Gasteiger partial charge in [-0.3, -0.25) is 4.79 Å². The zero-order valence-electron chi connectivity index (χ0n) is 21.9. The van der Waals surface area contributed by atoms with Gasteiger partial charge in [-0.2, -0.15) is 0 Å². The molecule has 0 spiro atoms. The van der Waals surface area contributed by atoms with E-state index in [1.54, 1.807) is 11.3 Å². The van der Waals surface area contributed by atoms with Crippen LogP contribution in [0.15, 0.2) is 11.0 Å². The molecule has 7 heteroatoms. The highest BCUT2D eigenvalue weighted by molar-refractivity contribution is 7.09. The van der Waals surface area contributed by atoms with Gasteiger partial charge in [0.2, 0.25) is 5.79 Å². The summed E-state index contributed by atoms with van der Waals surface area (Å²) < 4.78 is 12.0. The Morgan fingerprint density at radius 3 is 2.59 bits per heavy atom. The summed E-state index contributed by atoms with van der Waals surface area (Å²) in [5.41, 5.74) is 0.352. The van der Waals surface area contributed by atoms with Crippen LogP contribution in [0.1, 0.15) is 90.8 Å². The van der Waals surface area contributed by atoms with Crippen molar-refractivity contribution in [3.05, 3.63) is 21.7 Å². The molecular weight excluding hydrogens is 450 g/mol. The maximum atomic E-state index is 13.1. The number of aryl methyl sites for hydroxylation is 1. The van der Waals surface area contributed by atoms with Crippen LogP contribution in [0.25, 0.3) is 6.08 Å². The number of ether oxygens (including phenoxy) is 2. The van der Waals surface area contributed by atoms with E-state index in [4.69, 9.17) is 9.47 Å². The molecule has 0 saturated carbocycles.